The van der Waals surface area contributed by atoms with Gasteiger partial charge in [0.25, 0.3) is 0 Å². The normalized spacial score (nSPS) is 52.2. The highest BCUT2D eigenvalue weighted by atomic mass is 16.5. The third-order valence-electron chi connectivity index (χ3n) is 8.68. The molecule has 4 saturated carbocycles. The van der Waals surface area contributed by atoms with E-state index in [1.807, 2.05) is 0 Å². The van der Waals surface area contributed by atoms with E-state index in [1.54, 1.807) is 6.92 Å². The zero-order chi connectivity index (χ0) is 16.2. The Morgan fingerprint density at radius 2 is 1.74 bits per heavy atom. The van der Waals surface area contributed by atoms with Gasteiger partial charge in [-0.3, -0.25) is 4.79 Å². The van der Waals surface area contributed by atoms with Crippen molar-refractivity contribution in [3.63, 3.8) is 0 Å². The molecule has 0 aliphatic heterocycles. The van der Waals surface area contributed by atoms with Gasteiger partial charge in [-0.2, -0.15) is 0 Å². The molecule has 2 heteroatoms. The van der Waals surface area contributed by atoms with E-state index in [0.717, 1.165) is 36.5 Å². The average molecular weight is 319 g/mol. The topological polar surface area (TPSA) is 26.3 Å². The summed E-state index contributed by atoms with van der Waals surface area (Å²) < 4.78 is 5.65. The lowest BCUT2D eigenvalue weighted by atomic mass is 9.45. The summed E-state index contributed by atoms with van der Waals surface area (Å²) in [5.41, 5.74) is 1.07. The maximum absolute atomic E-state index is 11.4. The summed E-state index contributed by atoms with van der Waals surface area (Å²) in [6.45, 7) is 6.71. The molecule has 0 spiro atoms. The Morgan fingerprint density at radius 3 is 2.52 bits per heavy atom. The summed E-state index contributed by atoms with van der Waals surface area (Å²) in [6, 6.07) is 0. The van der Waals surface area contributed by atoms with Gasteiger partial charge in [-0.1, -0.05) is 20.3 Å². The lowest BCUT2D eigenvalue weighted by molar-refractivity contribution is -0.161. The van der Waals surface area contributed by atoms with Crippen LogP contribution in [-0.2, 0) is 9.53 Å². The quantitative estimate of drug-likeness (QED) is 0.609. The van der Waals surface area contributed by atoms with Gasteiger partial charge in [-0.05, 0) is 92.3 Å². The summed E-state index contributed by atoms with van der Waals surface area (Å²) in [4.78, 5) is 11.4. The third kappa shape index (κ3) is 2.46. The van der Waals surface area contributed by atoms with Crippen molar-refractivity contribution in [1.82, 2.24) is 0 Å². The Bertz CT molecular complexity index is 486. The minimum atomic E-state index is -0.0866. The number of carbonyl (C=O) groups is 1. The summed E-state index contributed by atoms with van der Waals surface area (Å²) in [5, 5.41) is 0. The van der Waals surface area contributed by atoms with Crippen LogP contribution in [0.4, 0.5) is 0 Å². The summed E-state index contributed by atoms with van der Waals surface area (Å²) >= 11 is 0. The first-order valence-corrected chi connectivity index (χ1v) is 10.1. The SMILES string of the molecule is CC(=O)O[C@H]1CC[C@@H]2CC[C@H]3[C@@H]4CCC[C@@]4(C)CC[C@@H]3[C@@]2(C)C1. The highest BCUT2D eigenvalue weighted by Gasteiger charge is 2.58. The lowest BCUT2D eigenvalue weighted by Crippen LogP contribution is -2.53. The molecule has 4 rings (SSSR count). The largest absolute Gasteiger partial charge is 0.463 e. The molecule has 4 fully saturated rings. The Labute approximate surface area is 141 Å². The molecule has 0 bridgehead atoms. The molecule has 0 heterocycles. The van der Waals surface area contributed by atoms with Gasteiger partial charge < -0.3 is 4.74 Å². The number of rotatable bonds is 1. The first-order valence-electron chi connectivity index (χ1n) is 10.1. The molecule has 0 amide bonds. The summed E-state index contributed by atoms with van der Waals surface area (Å²) in [7, 11) is 0. The van der Waals surface area contributed by atoms with Crippen LogP contribution >= 0.6 is 0 Å². The first kappa shape index (κ1) is 16.0. The fraction of sp³-hybridized carbons (Fsp3) is 0.952. The highest BCUT2D eigenvalue weighted by molar-refractivity contribution is 5.66. The van der Waals surface area contributed by atoms with E-state index < -0.39 is 0 Å². The van der Waals surface area contributed by atoms with Crippen molar-refractivity contribution in [3.05, 3.63) is 0 Å². The second kappa shape index (κ2) is 5.49. The fourth-order valence-corrected chi connectivity index (χ4v) is 7.64. The van der Waals surface area contributed by atoms with E-state index in [-0.39, 0.29) is 12.1 Å². The molecule has 23 heavy (non-hydrogen) atoms. The van der Waals surface area contributed by atoms with E-state index in [0.29, 0.717) is 10.8 Å². The Kier molecular flexibility index (Phi) is 3.81. The maximum Gasteiger partial charge on any atom is 0.302 e. The molecule has 0 N–H and O–H groups in total. The maximum atomic E-state index is 11.4. The minimum absolute atomic E-state index is 0.0866. The second-order valence-corrected chi connectivity index (χ2v) is 9.75. The molecule has 4 aliphatic carbocycles. The third-order valence-corrected chi connectivity index (χ3v) is 8.68. The molecular weight excluding hydrogens is 284 g/mol. The highest BCUT2D eigenvalue weighted by Crippen LogP contribution is 2.66. The van der Waals surface area contributed by atoms with Gasteiger partial charge in [-0.15, -0.1) is 0 Å². The van der Waals surface area contributed by atoms with E-state index in [1.165, 1.54) is 51.4 Å². The van der Waals surface area contributed by atoms with E-state index in [9.17, 15) is 4.79 Å². The minimum Gasteiger partial charge on any atom is -0.463 e. The van der Waals surface area contributed by atoms with Crippen LogP contribution in [0.1, 0.15) is 85.0 Å². The predicted molar refractivity (Wildman–Crippen MR) is 91.9 cm³/mol. The van der Waals surface area contributed by atoms with Crippen LogP contribution in [0.2, 0.25) is 0 Å². The van der Waals surface area contributed by atoms with Gasteiger partial charge in [0, 0.05) is 6.92 Å². The Balaban J connectivity index is 1.57. The van der Waals surface area contributed by atoms with Crippen LogP contribution in [0.15, 0.2) is 0 Å². The molecule has 4 aliphatic rings. The van der Waals surface area contributed by atoms with Crippen LogP contribution in [0.5, 0.6) is 0 Å². The molecule has 7 atom stereocenters. The van der Waals surface area contributed by atoms with Gasteiger partial charge in [0.2, 0.25) is 0 Å². The first-order chi connectivity index (χ1) is 10.9. The Morgan fingerprint density at radius 1 is 0.957 bits per heavy atom. The zero-order valence-electron chi connectivity index (χ0n) is 15.3. The molecule has 0 aromatic carbocycles. The summed E-state index contributed by atoms with van der Waals surface area (Å²) in [5.74, 6) is 3.61. The van der Waals surface area contributed by atoms with Gasteiger partial charge in [0.05, 0.1) is 0 Å². The standard InChI is InChI=1S/C21H34O2/c1-14(22)23-16-8-6-15-7-9-17-18-5-4-11-20(18,2)12-10-19(17)21(15,3)13-16/h15-19H,4-13H2,1-3H3/t15-,16+,17+,18+,19+,20+,21+/m1/s1. The van der Waals surface area contributed by atoms with Crippen molar-refractivity contribution in [2.45, 2.75) is 91.1 Å². The molecule has 0 unspecified atom stereocenters. The smallest absolute Gasteiger partial charge is 0.302 e. The number of hydrogen-bond donors (Lipinski definition) is 0. The zero-order valence-corrected chi connectivity index (χ0v) is 15.3. The van der Waals surface area contributed by atoms with E-state index >= 15 is 0 Å². The predicted octanol–water partition coefficient (Wildman–Crippen LogP) is 5.35. The van der Waals surface area contributed by atoms with Crippen LogP contribution < -0.4 is 0 Å². The molecule has 0 aromatic rings. The monoisotopic (exact) mass is 318 g/mol. The van der Waals surface area contributed by atoms with Crippen molar-refractivity contribution >= 4 is 5.97 Å². The number of esters is 1. The van der Waals surface area contributed by atoms with Crippen molar-refractivity contribution in [2.75, 3.05) is 0 Å². The number of fused-ring (bicyclic) bond motifs is 5. The molecule has 0 saturated heterocycles. The van der Waals surface area contributed by atoms with Gasteiger partial charge in [-0.25, -0.2) is 0 Å². The van der Waals surface area contributed by atoms with Crippen LogP contribution in [0, 0.1) is 34.5 Å². The van der Waals surface area contributed by atoms with Crippen LogP contribution in [0.3, 0.4) is 0 Å². The van der Waals surface area contributed by atoms with Gasteiger partial charge in [0.1, 0.15) is 6.10 Å². The van der Waals surface area contributed by atoms with Crippen LogP contribution in [-0.4, -0.2) is 12.1 Å². The molecule has 130 valence electrons. The summed E-state index contributed by atoms with van der Waals surface area (Å²) in [6.07, 6.45) is 13.9. The molecule has 2 nitrogen and oxygen atoms in total. The van der Waals surface area contributed by atoms with E-state index in [2.05, 4.69) is 13.8 Å². The van der Waals surface area contributed by atoms with Gasteiger partial charge in [0.15, 0.2) is 0 Å². The Hall–Kier alpha value is -0.530. The van der Waals surface area contributed by atoms with Crippen molar-refractivity contribution < 1.29 is 9.53 Å². The van der Waals surface area contributed by atoms with Crippen molar-refractivity contribution in [3.8, 4) is 0 Å². The number of carbonyl (C=O) groups excluding carboxylic acids is 1. The molecule has 0 aromatic heterocycles. The lowest BCUT2D eigenvalue weighted by Gasteiger charge is -2.60. The molecule has 0 radical (unpaired) electrons. The average Bonchev–Trinajstić information content (AvgIpc) is 2.87. The number of hydrogen-bond acceptors (Lipinski definition) is 2. The molecular formula is C21H34O2. The van der Waals surface area contributed by atoms with Crippen LogP contribution in [0.25, 0.3) is 0 Å². The second-order valence-electron chi connectivity index (χ2n) is 9.75. The van der Waals surface area contributed by atoms with Gasteiger partial charge >= 0.3 is 5.97 Å². The van der Waals surface area contributed by atoms with E-state index in [4.69, 9.17) is 4.74 Å². The van der Waals surface area contributed by atoms with Crippen molar-refractivity contribution in [1.29, 1.82) is 0 Å². The van der Waals surface area contributed by atoms with Crippen molar-refractivity contribution in [2.24, 2.45) is 34.5 Å². The fourth-order valence-electron chi connectivity index (χ4n) is 7.64. The number of ether oxygens (including phenoxy) is 1.